The summed E-state index contributed by atoms with van der Waals surface area (Å²) in [5.41, 5.74) is 6.49. The standard InChI is InChI=1S/C13H22N4O2/c1-3-7-19-13-10(14)12(15-4-2)16-11(17-13)9-6-5-8-18-9/h9H,3-8,14H2,1-2H3,(H,15,16,17). The van der Waals surface area contributed by atoms with E-state index in [1.54, 1.807) is 0 Å². The summed E-state index contributed by atoms with van der Waals surface area (Å²) in [6, 6.07) is 0. The van der Waals surface area contributed by atoms with Crippen LogP contribution >= 0.6 is 0 Å². The zero-order chi connectivity index (χ0) is 13.7. The fourth-order valence-electron chi connectivity index (χ4n) is 2.00. The second kappa shape index (κ2) is 6.56. The first-order valence-corrected chi connectivity index (χ1v) is 6.91. The molecular formula is C13H22N4O2. The largest absolute Gasteiger partial charge is 0.476 e. The lowest BCUT2D eigenvalue weighted by molar-refractivity contribution is 0.104. The lowest BCUT2D eigenvalue weighted by atomic mass is 10.2. The summed E-state index contributed by atoms with van der Waals surface area (Å²) < 4.78 is 11.2. The van der Waals surface area contributed by atoms with E-state index < -0.39 is 0 Å². The molecule has 2 heterocycles. The summed E-state index contributed by atoms with van der Waals surface area (Å²) in [6.45, 7) is 6.15. The molecular weight excluding hydrogens is 244 g/mol. The number of hydrogen-bond acceptors (Lipinski definition) is 6. The number of nitrogens with two attached hydrogens (primary N) is 1. The lowest BCUT2D eigenvalue weighted by Gasteiger charge is -2.15. The van der Waals surface area contributed by atoms with Gasteiger partial charge in [0.05, 0.1) is 6.61 Å². The van der Waals surface area contributed by atoms with Crippen molar-refractivity contribution in [3.05, 3.63) is 5.82 Å². The van der Waals surface area contributed by atoms with Crippen molar-refractivity contribution >= 4 is 11.5 Å². The second-order valence-corrected chi connectivity index (χ2v) is 4.53. The predicted octanol–water partition coefficient (Wildman–Crippen LogP) is 2.13. The van der Waals surface area contributed by atoms with Gasteiger partial charge in [0.2, 0.25) is 5.88 Å². The summed E-state index contributed by atoms with van der Waals surface area (Å²) in [6.07, 6.45) is 2.86. The summed E-state index contributed by atoms with van der Waals surface area (Å²) >= 11 is 0. The molecule has 1 atom stereocenters. The molecule has 2 rings (SSSR count). The normalized spacial score (nSPS) is 18.5. The van der Waals surface area contributed by atoms with Gasteiger partial charge in [-0.2, -0.15) is 4.98 Å². The number of rotatable bonds is 6. The van der Waals surface area contributed by atoms with Crippen LogP contribution in [0.1, 0.15) is 45.0 Å². The van der Waals surface area contributed by atoms with Crippen LogP contribution in [-0.2, 0) is 4.74 Å². The molecule has 6 heteroatoms. The third-order valence-corrected chi connectivity index (χ3v) is 2.93. The Bertz CT molecular complexity index is 419. The van der Waals surface area contributed by atoms with E-state index in [9.17, 15) is 0 Å². The topological polar surface area (TPSA) is 82.3 Å². The van der Waals surface area contributed by atoms with Crippen LogP contribution in [0, 0.1) is 0 Å². The Morgan fingerprint density at radius 2 is 2.26 bits per heavy atom. The van der Waals surface area contributed by atoms with Crippen molar-refractivity contribution in [3.63, 3.8) is 0 Å². The van der Waals surface area contributed by atoms with Crippen molar-refractivity contribution in [3.8, 4) is 5.88 Å². The number of anilines is 2. The van der Waals surface area contributed by atoms with E-state index >= 15 is 0 Å². The average Bonchev–Trinajstić information content (AvgIpc) is 2.94. The van der Waals surface area contributed by atoms with E-state index in [0.717, 1.165) is 32.4 Å². The molecule has 6 nitrogen and oxygen atoms in total. The minimum atomic E-state index is -0.0398. The third-order valence-electron chi connectivity index (χ3n) is 2.93. The van der Waals surface area contributed by atoms with Gasteiger partial charge in [0.25, 0.3) is 0 Å². The molecule has 1 aromatic rings. The Labute approximate surface area is 113 Å². The smallest absolute Gasteiger partial charge is 0.242 e. The molecule has 1 saturated heterocycles. The van der Waals surface area contributed by atoms with Gasteiger partial charge in [0.1, 0.15) is 11.8 Å². The van der Waals surface area contributed by atoms with Crippen LogP contribution in [0.2, 0.25) is 0 Å². The third kappa shape index (κ3) is 3.26. The number of nitrogens with zero attached hydrogens (tertiary/aromatic N) is 2. The molecule has 0 radical (unpaired) electrons. The first-order chi connectivity index (χ1) is 9.26. The molecule has 0 aliphatic carbocycles. The Kier molecular flexibility index (Phi) is 4.79. The summed E-state index contributed by atoms with van der Waals surface area (Å²) in [4.78, 5) is 8.87. The van der Waals surface area contributed by atoms with Crippen LogP contribution < -0.4 is 15.8 Å². The first kappa shape index (κ1) is 13.9. The minimum absolute atomic E-state index is 0.0398. The van der Waals surface area contributed by atoms with E-state index in [4.69, 9.17) is 15.2 Å². The van der Waals surface area contributed by atoms with Crippen molar-refractivity contribution in [1.82, 2.24) is 9.97 Å². The fraction of sp³-hybridized carbons (Fsp3) is 0.692. The summed E-state index contributed by atoms with van der Waals surface area (Å²) in [5.74, 6) is 1.75. The SMILES string of the molecule is CCCOc1nc(C2CCCO2)nc(NCC)c1N. The number of nitrogens with one attached hydrogen (secondary N) is 1. The highest BCUT2D eigenvalue weighted by atomic mass is 16.5. The Morgan fingerprint density at radius 3 is 2.89 bits per heavy atom. The molecule has 1 aliphatic heterocycles. The van der Waals surface area contributed by atoms with Gasteiger partial charge in [0, 0.05) is 13.2 Å². The number of ether oxygens (including phenoxy) is 2. The number of hydrogen-bond donors (Lipinski definition) is 2. The highest BCUT2D eigenvalue weighted by Gasteiger charge is 2.23. The van der Waals surface area contributed by atoms with E-state index in [1.807, 2.05) is 13.8 Å². The molecule has 19 heavy (non-hydrogen) atoms. The van der Waals surface area contributed by atoms with Crippen LogP contribution in [0.25, 0.3) is 0 Å². The highest BCUT2D eigenvalue weighted by molar-refractivity contribution is 5.67. The van der Waals surface area contributed by atoms with Crippen molar-refractivity contribution in [2.24, 2.45) is 0 Å². The van der Waals surface area contributed by atoms with Crippen LogP contribution in [0.5, 0.6) is 5.88 Å². The molecule has 0 bridgehead atoms. The molecule has 0 aromatic carbocycles. The monoisotopic (exact) mass is 266 g/mol. The molecule has 0 amide bonds. The maximum absolute atomic E-state index is 6.02. The van der Waals surface area contributed by atoms with Gasteiger partial charge in [0.15, 0.2) is 11.6 Å². The maximum Gasteiger partial charge on any atom is 0.242 e. The maximum atomic E-state index is 6.02. The van der Waals surface area contributed by atoms with E-state index in [2.05, 4.69) is 15.3 Å². The van der Waals surface area contributed by atoms with Crippen molar-refractivity contribution in [1.29, 1.82) is 0 Å². The number of nitrogen functional groups attached to an aromatic ring is 1. The zero-order valence-electron chi connectivity index (χ0n) is 11.6. The van der Waals surface area contributed by atoms with Crippen LogP contribution in [0.3, 0.4) is 0 Å². The molecule has 106 valence electrons. The minimum Gasteiger partial charge on any atom is -0.476 e. The Balaban J connectivity index is 2.29. The van der Waals surface area contributed by atoms with Gasteiger partial charge >= 0.3 is 0 Å². The molecule has 0 saturated carbocycles. The van der Waals surface area contributed by atoms with Gasteiger partial charge < -0.3 is 20.5 Å². The molecule has 0 spiro atoms. The zero-order valence-corrected chi connectivity index (χ0v) is 11.6. The van der Waals surface area contributed by atoms with Gasteiger partial charge in [-0.15, -0.1) is 0 Å². The van der Waals surface area contributed by atoms with Crippen molar-refractivity contribution < 1.29 is 9.47 Å². The van der Waals surface area contributed by atoms with Crippen LogP contribution in [-0.4, -0.2) is 29.7 Å². The summed E-state index contributed by atoms with van der Waals surface area (Å²) in [5, 5.41) is 3.14. The predicted molar refractivity (Wildman–Crippen MR) is 74.3 cm³/mol. The summed E-state index contributed by atoms with van der Waals surface area (Å²) in [7, 11) is 0. The van der Waals surface area contributed by atoms with E-state index in [1.165, 1.54) is 0 Å². The molecule has 1 unspecified atom stereocenters. The highest BCUT2D eigenvalue weighted by Crippen LogP contribution is 2.32. The molecule has 1 fully saturated rings. The first-order valence-electron chi connectivity index (χ1n) is 6.91. The van der Waals surface area contributed by atoms with Crippen LogP contribution in [0.15, 0.2) is 0 Å². The average molecular weight is 266 g/mol. The van der Waals surface area contributed by atoms with Gasteiger partial charge in [-0.3, -0.25) is 0 Å². The van der Waals surface area contributed by atoms with Gasteiger partial charge in [-0.05, 0) is 26.2 Å². The van der Waals surface area contributed by atoms with Gasteiger partial charge in [-0.25, -0.2) is 4.98 Å². The quantitative estimate of drug-likeness (QED) is 0.820. The molecule has 3 N–H and O–H groups in total. The van der Waals surface area contributed by atoms with E-state index in [-0.39, 0.29) is 6.10 Å². The Hall–Kier alpha value is -1.56. The van der Waals surface area contributed by atoms with E-state index in [0.29, 0.717) is 29.8 Å². The van der Waals surface area contributed by atoms with Crippen molar-refractivity contribution in [2.75, 3.05) is 30.8 Å². The lowest BCUT2D eigenvalue weighted by Crippen LogP contribution is -2.13. The van der Waals surface area contributed by atoms with Crippen molar-refractivity contribution in [2.45, 2.75) is 39.2 Å². The second-order valence-electron chi connectivity index (χ2n) is 4.53. The molecule has 1 aromatic heterocycles. The van der Waals surface area contributed by atoms with Crippen LogP contribution in [0.4, 0.5) is 11.5 Å². The Morgan fingerprint density at radius 1 is 1.42 bits per heavy atom. The fourth-order valence-corrected chi connectivity index (χ4v) is 2.00. The number of aromatic nitrogens is 2. The van der Waals surface area contributed by atoms with Gasteiger partial charge in [-0.1, -0.05) is 6.92 Å². The molecule has 1 aliphatic rings.